The van der Waals surface area contributed by atoms with Crippen LogP contribution in [0.25, 0.3) is 10.9 Å². The molecule has 1 heterocycles. The van der Waals surface area contributed by atoms with E-state index >= 15 is 0 Å². The topological polar surface area (TPSA) is 62.5 Å². The number of nitrogens with zero attached hydrogens (tertiary/aromatic N) is 2. The number of halogens is 3. The van der Waals surface area contributed by atoms with Crippen LogP contribution in [0.1, 0.15) is 39.4 Å². The molecule has 1 unspecified atom stereocenters. The summed E-state index contributed by atoms with van der Waals surface area (Å²) >= 11 is 17.4. The number of amides is 1. The maximum atomic E-state index is 12.3. The third-order valence-electron chi connectivity index (χ3n) is 5.66. The fourth-order valence-electron chi connectivity index (χ4n) is 3.89. The third-order valence-corrected chi connectivity index (χ3v) is 8.02. The molecule has 0 fully saturated rings. The highest BCUT2D eigenvalue weighted by molar-refractivity contribution is 9.10. The Labute approximate surface area is 225 Å². The summed E-state index contributed by atoms with van der Waals surface area (Å²) in [7, 11) is 3.41. The molecule has 1 amide bonds. The van der Waals surface area contributed by atoms with Gasteiger partial charge in [0.05, 0.1) is 21.6 Å². The van der Waals surface area contributed by atoms with E-state index in [1.165, 1.54) is 16.7 Å². The summed E-state index contributed by atoms with van der Waals surface area (Å²) in [5.41, 5.74) is 2.42. The summed E-state index contributed by atoms with van der Waals surface area (Å²) < 4.78 is 2.60. The van der Waals surface area contributed by atoms with Crippen LogP contribution in [0.5, 0.6) is 0 Å². The molecule has 35 heavy (non-hydrogen) atoms. The Kier molecular flexibility index (Phi) is 7.52. The second kappa shape index (κ2) is 10.3. The highest BCUT2D eigenvalue weighted by Crippen LogP contribution is 2.39. The molecule has 0 saturated heterocycles. The summed E-state index contributed by atoms with van der Waals surface area (Å²) in [5.74, 6) is -1.10. The number of fused-ring (bicyclic) bond motifs is 1. The Morgan fingerprint density at radius 1 is 0.971 bits per heavy atom. The molecule has 0 bridgehead atoms. The van der Waals surface area contributed by atoms with Gasteiger partial charge in [-0.25, -0.2) is 4.79 Å². The molecule has 4 rings (SSSR count). The van der Waals surface area contributed by atoms with Crippen LogP contribution in [-0.4, -0.2) is 40.5 Å². The second-order valence-electron chi connectivity index (χ2n) is 8.22. The summed E-state index contributed by atoms with van der Waals surface area (Å²) in [6.45, 7) is 1.95. The van der Waals surface area contributed by atoms with E-state index in [1.807, 2.05) is 41.8 Å². The van der Waals surface area contributed by atoms with Crippen molar-refractivity contribution in [3.05, 3.63) is 92.0 Å². The molecular formula is C26H21BrCl2N2O3S. The fraction of sp³-hybridized carbons (Fsp3) is 0.154. The summed E-state index contributed by atoms with van der Waals surface area (Å²) in [4.78, 5) is 27.8. The third kappa shape index (κ3) is 5.23. The standard InChI is InChI=1S/C26H21BrCl2N2O3S/c1-14(15-4-6-16(7-5-15)25(32)30(2)3)31-23-12-18(35-17-8-9-21(28)22(29)11-17)10-20(27)19(23)13-24(31)26(33)34/h4-14H,1-3H3,(H,33,34). The summed E-state index contributed by atoms with van der Waals surface area (Å²) in [6.07, 6.45) is 0. The minimum Gasteiger partial charge on any atom is -0.477 e. The first kappa shape index (κ1) is 25.6. The number of carbonyl (C=O) groups excluding carboxylic acids is 1. The number of carbonyl (C=O) groups is 2. The lowest BCUT2D eigenvalue weighted by Gasteiger charge is -2.19. The first-order chi connectivity index (χ1) is 16.6. The van der Waals surface area contributed by atoms with E-state index in [0.717, 1.165) is 30.7 Å². The van der Waals surface area contributed by atoms with Gasteiger partial charge in [-0.2, -0.15) is 0 Å². The quantitative estimate of drug-likeness (QED) is 0.248. The van der Waals surface area contributed by atoms with Crippen LogP contribution >= 0.6 is 50.9 Å². The molecule has 0 aliphatic carbocycles. The van der Waals surface area contributed by atoms with E-state index in [-0.39, 0.29) is 17.6 Å². The molecule has 0 saturated carbocycles. The monoisotopic (exact) mass is 590 g/mol. The van der Waals surface area contributed by atoms with Gasteiger partial charge in [0.25, 0.3) is 5.91 Å². The van der Waals surface area contributed by atoms with Crippen LogP contribution in [-0.2, 0) is 0 Å². The SMILES string of the molecule is CC(c1ccc(C(=O)N(C)C)cc1)n1c(C(=O)O)cc2c(Br)cc(Sc3ccc(Cl)c(Cl)c3)cc21. The highest BCUT2D eigenvalue weighted by atomic mass is 79.9. The van der Waals surface area contributed by atoms with Gasteiger partial charge in [-0.1, -0.05) is 63.0 Å². The van der Waals surface area contributed by atoms with Crippen molar-refractivity contribution in [2.75, 3.05) is 14.1 Å². The molecule has 0 aliphatic heterocycles. The average Bonchev–Trinajstić information content (AvgIpc) is 3.21. The van der Waals surface area contributed by atoms with Gasteiger partial charge in [-0.3, -0.25) is 4.79 Å². The molecule has 1 atom stereocenters. The number of aromatic carboxylic acids is 1. The number of aromatic nitrogens is 1. The Morgan fingerprint density at radius 2 is 1.66 bits per heavy atom. The van der Waals surface area contributed by atoms with Crippen LogP contribution in [0, 0.1) is 0 Å². The van der Waals surface area contributed by atoms with Crippen molar-refractivity contribution in [3.63, 3.8) is 0 Å². The Bertz CT molecular complexity index is 1450. The first-order valence-electron chi connectivity index (χ1n) is 10.6. The van der Waals surface area contributed by atoms with Crippen molar-refractivity contribution in [2.45, 2.75) is 22.8 Å². The molecule has 0 radical (unpaired) electrons. The highest BCUT2D eigenvalue weighted by Gasteiger charge is 2.22. The Morgan fingerprint density at radius 3 is 2.26 bits per heavy atom. The van der Waals surface area contributed by atoms with Crippen LogP contribution < -0.4 is 0 Å². The van der Waals surface area contributed by atoms with Gasteiger partial charge < -0.3 is 14.6 Å². The molecule has 1 N–H and O–H groups in total. The van der Waals surface area contributed by atoms with Crippen LogP contribution in [0.15, 0.2) is 74.9 Å². The van der Waals surface area contributed by atoms with Crippen molar-refractivity contribution < 1.29 is 14.7 Å². The molecule has 4 aromatic rings. The minimum absolute atomic E-state index is 0.0882. The first-order valence-corrected chi connectivity index (χ1v) is 13.0. The largest absolute Gasteiger partial charge is 0.477 e. The number of rotatable bonds is 6. The predicted octanol–water partition coefficient (Wildman–Crippen LogP) is 7.87. The number of hydrogen-bond donors (Lipinski definition) is 1. The van der Waals surface area contributed by atoms with Gasteiger partial charge in [-0.15, -0.1) is 0 Å². The lowest BCUT2D eigenvalue weighted by Crippen LogP contribution is -2.21. The van der Waals surface area contributed by atoms with Gasteiger partial charge in [0.2, 0.25) is 0 Å². The predicted molar refractivity (Wildman–Crippen MR) is 145 cm³/mol. The van der Waals surface area contributed by atoms with E-state index in [0.29, 0.717) is 15.6 Å². The Hall–Kier alpha value is -2.45. The minimum atomic E-state index is -1.02. The van der Waals surface area contributed by atoms with Gasteiger partial charge in [0.1, 0.15) is 5.69 Å². The number of carboxylic acids is 1. The van der Waals surface area contributed by atoms with Crippen molar-refractivity contribution in [3.8, 4) is 0 Å². The maximum absolute atomic E-state index is 12.3. The van der Waals surface area contributed by atoms with Gasteiger partial charge in [0.15, 0.2) is 0 Å². The van der Waals surface area contributed by atoms with Gasteiger partial charge in [0, 0.05) is 39.3 Å². The van der Waals surface area contributed by atoms with Gasteiger partial charge >= 0.3 is 5.97 Å². The molecule has 0 spiro atoms. The van der Waals surface area contributed by atoms with E-state index in [9.17, 15) is 14.7 Å². The molecule has 9 heteroatoms. The zero-order chi connectivity index (χ0) is 25.4. The van der Waals surface area contributed by atoms with Crippen molar-refractivity contribution in [1.82, 2.24) is 9.47 Å². The lowest BCUT2D eigenvalue weighted by molar-refractivity contribution is 0.0684. The number of carboxylic acid groups (broad SMARTS) is 1. The smallest absolute Gasteiger partial charge is 0.352 e. The molecule has 0 aliphatic rings. The van der Waals surface area contributed by atoms with E-state index < -0.39 is 5.97 Å². The molecular weight excluding hydrogens is 571 g/mol. The van der Waals surface area contributed by atoms with Gasteiger partial charge in [-0.05, 0) is 61.0 Å². The average molecular weight is 592 g/mol. The molecule has 180 valence electrons. The fourth-order valence-corrected chi connectivity index (χ4v) is 5.90. The van der Waals surface area contributed by atoms with Crippen LogP contribution in [0.2, 0.25) is 10.0 Å². The summed E-state index contributed by atoms with van der Waals surface area (Å²) in [6, 6.07) is 18.0. The van der Waals surface area contributed by atoms with E-state index in [4.69, 9.17) is 23.2 Å². The maximum Gasteiger partial charge on any atom is 0.352 e. The second-order valence-corrected chi connectivity index (χ2v) is 11.0. The number of hydrogen-bond acceptors (Lipinski definition) is 3. The van der Waals surface area contributed by atoms with Crippen molar-refractivity contribution >= 4 is 73.7 Å². The normalized spacial score (nSPS) is 12.1. The van der Waals surface area contributed by atoms with Crippen molar-refractivity contribution in [2.24, 2.45) is 0 Å². The van der Waals surface area contributed by atoms with E-state index in [1.54, 1.807) is 44.4 Å². The molecule has 3 aromatic carbocycles. The van der Waals surface area contributed by atoms with Crippen molar-refractivity contribution in [1.29, 1.82) is 0 Å². The van der Waals surface area contributed by atoms with Crippen LogP contribution in [0.3, 0.4) is 0 Å². The van der Waals surface area contributed by atoms with E-state index in [2.05, 4.69) is 15.9 Å². The number of benzene rings is 3. The summed E-state index contributed by atoms with van der Waals surface area (Å²) in [5, 5.41) is 11.7. The zero-order valence-corrected chi connectivity index (χ0v) is 23.0. The Balaban J connectivity index is 1.79. The molecule has 5 nitrogen and oxygen atoms in total. The lowest BCUT2D eigenvalue weighted by atomic mass is 10.0. The zero-order valence-electron chi connectivity index (χ0n) is 19.1. The van der Waals surface area contributed by atoms with Crippen LogP contribution in [0.4, 0.5) is 0 Å². The molecule has 1 aromatic heterocycles.